The van der Waals surface area contributed by atoms with Gasteiger partial charge in [-0.3, -0.25) is 0 Å². The molecular weight excluding hydrogens is 212 g/mol. The largest absolute Gasteiger partial charge is 0.496 e. The Morgan fingerprint density at radius 3 is 2.47 bits per heavy atom. The van der Waals surface area contributed by atoms with Gasteiger partial charge in [0.25, 0.3) is 0 Å². The van der Waals surface area contributed by atoms with Crippen LogP contribution in [0, 0.1) is 6.92 Å². The molecule has 0 radical (unpaired) electrons. The Balaban J connectivity index is 2.69. The number of methoxy groups -OCH3 is 1. The molecule has 1 aromatic carbocycles. The van der Waals surface area contributed by atoms with E-state index in [1.165, 1.54) is 0 Å². The third-order valence-corrected chi connectivity index (χ3v) is 2.95. The average molecular weight is 236 g/mol. The van der Waals surface area contributed by atoms with Gasteiger partial charge in [0.15, 0.2) is 0 Å². The Labute approximate surface area is 104 Å². The van der Waals surface area contributed by atoms with Crippen molar-refractivity contribution in [1.82, 2.24) is 0 Å². The lowest BCUT2D eigenvalue weighted by atomic mass is 9.93. The molecule has 17 heavy (non-hydrogen) atoms. The van der Waals surface area contributed by atoms with Crippen molar-refractivity contribution in [3.05, 3.63) is 29.3 Å². The maximum Gasteiger partial charge on any atom is 0.121 e. The molecule has 3 heteroatoms. The normalized spacial score (nSPS) is 13.5. The molecule has 1 atom stereocenters. The Morgan fingerprint density at radius 2 is 2.00 bits per heavy atom. The van der Waals surface area contributed by atoms with Crippen LogP contribution in [0.3, 0.4) is 0 Å². The van der Waals surface area contributed by atoms with Crippen LogP contribution in [0.2, 0.25) is 0 Å². The highest BCUT2D eigenvalue weighted by molar-refractivity contribution is 5.37. The fourth-order valence-electron chi connectivity index (χ4n) is 1.83. The lowest BCUT2D eigenvalue weighted by molar-refractivity contribution is 0.410. The topological polar surface area (TPSA) is 61.3 Å². The van der Waals surface area contributed by atoms with Crippen molar-refractivity contribution < 1.29 is 4.74 Å². The second kappa shape index (κ2) is 5.52. The number of aryl methyl sites for hydroxylation is 1. The summed E-state index contributed by atoms with van der Waals surface area (Å²) in [6.45, 7) is 6.08. The summed E-state index contributed by atoms with van der Waals surface area (Å²) in [5, 5.41) is 0. The third kappa shape index (κ3) is 4.36. The van der Waals surface area contributed by atoms with Crippen molar-refractivity contribution in [2.45, 2.75) is 45.2 Å². The van der Waals surface area contributed by atoms with Crippen LogP contribution in [0.5, 0.6) is 5.75 Å². The van der Waals surface area contributed by atoms with E-state index in [-0.39, 0.29) is 11.6 Å². The summed E-state index contributed by atoms with van der Waals surface area (Å²) < 4.78 is 5.23. The number of nitrogens with two attached hydrogens (primary N) is 2. The molecular formula is C14H24N2O. The monoisotopic (exact) mass is 236 g/mol. The summed E-state index contributed by atoms with van der Waals surface area (Å²) in [5.41, 5.74) is 14.2. The first-order chi connectivity index (χ1) is 7.83. The van der Waals surface area contributed by atoms with Crippen LogP contribution in [0.4, 0.5) is 0 Å². The van der Waals surface area contributed by atoms with Gasteiger partial charge in [0.2, 0.25) is 0 Å². The van der Waals surface area contributed by atoms with Crippen LogP contribution in [0.1, 0.15) is 43.9 Å². The minimum absolute atomic E-state index is 0.0439. The summed E-state index contributed by atoms with van der Waals surface area (Å²) in [6, 6.07) is 6.13. The standard InChI is InChI=1S/C14H24N2O/c1-10-9-11(5-6-13(10)17-4)12(15)7-8-14(2,3)16/h5-6,9,12H,7-8,15-16H2,1-4H3. The highest BCUT2D eigenvalue weighted by Crippen LogP contribution is 2.24. The van der Waals surface area contributed by atoms with Gasteiger partial charge in [-0.1, -0.05) is 12.1 Å². The second-order valence-corrected chi connectivity index (χ2v) is 5.36. The predicted molar refractivity (Wildman–Crippen MR) is 72.2 cm³/mol. The van der Waals surface area contributed by atoms with Crippen LogP contribution in [-0.4, -0.2) is 12.6 Å². The molecule has 1 unspecified atom stereocenters. The SMILES string of the molecule is COc1ccc(C(N)CCC(C)(C)N)cc1C. The Hall–Kier alpha value is -1.06. The van der Waals surface area contributed by atoms with Crippen molar-refractivity contribution in [2.75, 3.05) is 7.11 Å². The second-order valence-electron chi connectivity index (χ2n) is 5.36. The molecule has 1 rings (SSSR count). The maximum atomic E-state index is 6.17. The van der Waals surface area contributed by atoms with Crippen molar-refractivity contribution in [1.29, 1.82) is 0 Å². The number of rotatable bonds is 5. The lowest BCUT2D eigenvalue weighted by Crippen LogP contribution is -2.32. The molecule has 0 saturated heterocycles. The Bertz CT molecular complexity index is 369. The van der Waals surface area contributed by atoms with E-state index in [4.69, 9.17) is 16.2 Å². The first-order valence-corrected chi connectivity index (χ1v) is 6.02. The van der Waals surface area contributed by atoms with Gasteiger partial charge in [0, 0.05) is 11.6 Å². The summed E-state index contributed by atoms with van der Waals surface area (Å²) >= 11 is 0. The molecule has 3 nitrogen and oxygen atoms in total. The van der Waals surface area contributed by atoms with E-state index in [9.17, 15) is 0 Å². The molecule has 0 amide bonds. The van der Waals surface area contributed by atoms with Crippen LogP contribution < -0.4 is 16.2 Å². The highest BCUT2D eigenvalue weighted by atomic mass is 16.5. The zero-order chi connectivity index (χ0) is 13.1. The van der Waals surface area contributed by atoms with E-state index in [1.807, 2.05) is 32.9 Å². The summed E-state index contributed by atoms with van der Waals surface area (Å²) in [7, 11) is 1.68. The van der Waals surface area contributed by atoms with Gasteiger partial charge < -0.3 is 16.2 Å². The van der Waals surface area contributed by atoms with E-state index in [0.29, 0.717) is 0 Å². The van der Waals surface area contributed by atoms with Crippen molar-refractivity contribution in [3.8, 4) is 5.75 Å². The molecule has 0 aliphatic rings. The zero-order valence-electron chi connectivity index (χ0n) is 11.3. The van der Waals surface area contributed by atoms with Crippen molar-refractivity contribution >= 4 is 0 Å². The minimum atomic E-state index is -0.154. The maximum absolute atomic E-state index is 6.17. The Morgan fingerprint density at radius 1 is 1.35 bits per heavy atom. The van der Waals surface area contributed by atoms with Crippen molar-refractivity contribution in [3.63, 3.8) is 0 Å². The number of hydrogen-bond donors (Lipinski definition) is 2. The molecule has 0 heterocycles. The molecule has 0 fully saturated rings. The third-order valence-electron chi connectivity index (χ3n) is 2.95. The van der Waals surface area contributed by atoms with Gasteiger partial charge in [0.05, 0.1) is 7.11 Å². The summed E-state index contributed by atoms with van der Waals surface area (Å²) in [4.78, 5) is 0. The first-order valence-electron chi connectivity index (χ1n) is 6.02. The fourth-order valence-corrected chi connectivity index (χ4v) is 1.83. The fraction of sp³-hybridized carbons (Fsp3) is 0.571. The van der Waals surface area contributed by atoms with E-state index in [2.05, 4.69) is 6.07 Å². The van der Waals surface area contributed by atoms with Crippen LogP contribution in [-0.2, 0) is 0 Å². The van der Waals surface area contributed by atoms with Gasteiger partial charge >= 0.3 is 0 Å². The first kappa shape index (κ1) is 14.0. The van der Waals surface area contributed by atoms with Gasteiger partial charge in [-0.2, -0.15) is 0 Å². The summed E-state index contributed by atoms with van der Waals surface area (Å²) in [6.07, 6.45) is 1.81. The van der Waals surface area contributed by atoms with Crippen LogP contribution in [0.15, 0.2) is 18.2 Å². The molecule has 0 aromatic heterocycles. The number of ether oxygens (including phenoxy) is 1. The summed E-state index contributed by atoms with van der Waals surface area (Å²) in [5.74, 6) is 0.903. The number of benzene rings is 1. The minimum Gasteiger partial charge on any atom is -0.496 e. The van der Waals surface area contributed by atoms with E-state index < -0.39 is 0 Å². The van der Waals surface area contributed by atoms with E-state index >= 15 is 0 Å². The number of hydrogen-bond acceptors (Lipinski definition) is 3. The predicted octanol–water partition coefficient (Wildman–Crippen LogP) is 2.52. The molecule has 96 valence electrons. The van der Waals surface area contributed by atoms with Gasteiger partial charge in [-0.05, 0) is 50.8 Å². The smallest absolute Gasteiger partial charge is 0.121 e. The lowest BCUT2D eigenvalue weighted by Gasteiger charge is -2.21. The van der Waals surface area contributed by atoms with Crippen molar-refractivity contribution in [2.24, 2.45) is 11.5 Å². The quantitative estimate of drug-likeness (QED) is 0.825. The van der Waals surface area contributed by atoms with Crippen LogP contribution in [0.25, 0.3) is 0 Å². The zero-order valence-corrected chi connectivity index (χ0v) is 11.3. The van der Waals surface area contributed by atoms with Crippen LogP contribution >= 0.6 is 0 Å². The molecule has 0 spiro atoms. The molecule has 0 bridgehead atoms. The van der Waals surface area contributed by atoms with Gasteiger partial charge in [-0.15, -0.1) is 0 Å². The van der Waals surface area contributed by atoms with E-state index in [1.54, 1.807) is 7.11 Å². The molecule has 0 aliphatic heterocycles. The molecule has 0 saturated carbocycles. The Kier molecular flexibility index (Phi) is 4.54. The highest BCUT2D eigenvalue weighted by Gasteiger charge is 2.14. The molecule has 4 N–H and O–H groups in total. The molecule has 1 aromatic rings. The van der Waals surface area contributed by atoms with Gasteiger partial charge in [-0.25, -0.2) is 0 Å². The van der Waals surface area contributed by atoms with E-state index in [0.717, 1.165) is 29.7 Å². The van der Waals surface area contributed by atoms with Gasteiger partial charge in [0.1, 0.15) is 5.75 Å². The average Bonchev–Trinajstić information content (AvgIpc) is 2.24. The molecule has 0 aliphatic carbocycles.